The summed E-state index contributed by atoms with van der Waals surface area (Å²) in [7, 11) is 0. The van der Waals surface area contributed by atoms with Gasteiger partial charge in [-0.2, -0.15) is 0 Å². The van der Waals surface area contributed by atoms with Crippen LogP contribution in [-0.4, -0.2) is 11.1 Å². The molecule has 0 aromatic heterocycles. The quantitative estimate of drug-likeness (QED) is 0.905. The Balaban J connectivity index is 1.68. The highest BCUT2D eigenvalue weighted by Crippen LogP contribution is 2.47. The fraction of sp³-hybridized carbons (Fsp3) is 0.188. The third-order valence-electron chi connectivity index (χ3n) is 3.39. The van der Waals surface area contributed by atoms with Crippen LogP contribution >= 0.6 is 0 Å². The Hall–Kier alpha value is -2.29. The van der Waals surface area contributed by atoms with Gasteiger partial charge in [-0.3, -0.25) is 4.79 Å². The second-order valence-electron chi connectivity index (χ2n) is 4.77. The molecule has 1 aliphatic rings. The predicted molar refractivity (Wildman–Crippen MR) is 71.4 cm³/mol. The van der Waals surface area contributed by atoms with Gasteiger partial charge in [0, 0.05) is 0 Å². The molecule has 1 saturated carbocycles. The normalized spacial score (nSPS) is 20.8. The number of hydrogen-bond donors (Lipinski definition) is 1. The fourth-order valence-electron chi connectivity index (χ4n) is 2.24. The molecule has 19 heavy (non-hydrogen) atoms. The standard InChI is InChI=1S/C16H14O3/c17-16(18)15-10-14(15)11-6-8-13(9-7-11)19-12-4-2-1-3-5-12/h1-9,14-15H,10H2,(H,17,18). The van der Waals surface area contributed by atoms with Gasteiger partial charge in [0.05, 0.1) is 5.92 Å². The van der Waals surface area contributed by atoms with Gasteiger partial charge in [0.25, 0.3) is 0 Å². The van der Waals surface area contributed by atoms with E-state index in [0.29, 0.717) is 0 Å². The summed E-state index contributed by atoms with van der Waals surface area (Å²) >= 11 is 0. The smallest absolute Gasteiger partial charge is 0.307 e. The van der Waals surface area contributed by atoms with Crippen molar-refractivity contribution in [2.45, 2.75) is 12.3 Å². The first kappa shape index (κ1) is 11.8. The highest BCUT2D eigenvalue weighted by atomic mass is 16.5. The first-order valence-electron chi connectivity index (χ1n) is 6.30. The van der Waals surface area contributed by atoms with Crippen molar-refractivity contribution >= 4 is 5.97 Å². The van der Waals surface area contributed by atoms with Crippen LogP contribution in [0.25, 0.3) is 0 Å². The molecule has 3 heteroatoms. The predicted octanol–water partition coefficient (Wildman–Crippen LogP) is 3.67. The molecule has 0 aliphatic heterocycles. The van der Waals surface area contributed by atoms with Gasteiger partial charge in [-0.05, 0) is 42.2 Å². The molecule has 2 atom stereocenters. The van der Waals surface area contributed by atoms with E-state index in [0.717, 1.165) is 23.5 Å². The van der Waals surface area contributed by atoms with E-state index in [4.69, 9.17) is 9.84 Å². The van der Waals surface area contributed by atoms with Gasteiger partial charge >= 0.3 is 5.97 Å². The van der Waals surface area contributed by atoms with Crippen LogP contribution in [0.2, 0.25) is 0 Å². The summed E-state index contributed by atoms with van der Waals surface area (Å²) in [6, 6.07) is 17.3. The lowest BCUT2D eigenvalue weighted by Crippen LogP contribution is -1.98. The lowest BCUT2D eigenvalue weighted by atomic mass is 10.1. The SMILES string of the molecule is O=C(O)C1CC1c1ccc(Oc2ccccc2)cc1. The lowest BCUT2D eigenvalue weighted by Gasteiger charge is -2.06. The number of benzene rings is 2. The van der Waals surface area contributed by atoms with Gasteiger partial charge in [-0.25, -0.2) is 0 Å². The highest BCUT2D eigenvalue weighted by molar-refractivity contribution is 5.75. The van der Waals surface area contributed by atoms with E-state index >= 15 is 0 Å². The number of carboxylic acid groups (broad SMARTS) is 1. The molecule has 1 aliphatic carbocycles. The van der Waals surface area contributed by atoms with E-state index in [-0.39, 0.29) is 11.8 Å². The number of carboxylic acids is 1. The second kappa shape index (κ2) is 4.76. The number of hydrogen-bond acceptors (Lipinski definition) is 2. The summed E-state index contributed by atoms with van der Waals surface area (Å²) in [4.78, 5) is 10.8. The van der Waals surface area contributed by atoms with E-state index < -0.39 is 5.97 Å². The molecule has 0 bridgehead atoms. The fourth-order valence-corrected chi connectivity index (χ4v) is 2.24. The topological polar surface area (TPSA) is 46.5 Å². The zero-order chi connectivity index (χ0) is 13.2. The molecule has 96 valence electrons. The summed E-state index contributed by atoms with van der Waals surface area (Å²) in [6.45, 7) is 0. The van der Waals surface area contributed by atoms with Crippen LogP contribution in [0.5, 0.6) is 11.5 Å². The Labute approximate surface area is 111 Å². The minimum absolute atomic E-state index is 0.170. The van der Waals surface area contributed by atoms with Gasteiger partial charge in [0.15, 0.2) is 0 Å². The van der Waals surface area contributed by atoms with Crippen molar-refractivity contribution in [3.05, 3.63) is 60.2 Å². The molecule has 0 spiro atoms. The number of carbonyl (C=O) groups is 1. The third-order valence-corrected chi connectivity index (χ3v) is 3.39. The van der Waals surface area contributed by atoms with Crippen molar-refractivity contribution < 1.29 is 14.6 Å². The number of rotatable bonds is 4. The zero-order valence-electron chi connectivity index (χ0n) is 10.3. The van der Waals surface area contributed by atoms with Gasteiger partial charge in [0.2, 0.25) is 0 Å². The Morgan fingerprint density at radius 3 is 2.21 bits per heavy atom. The van der Waals surface area contributed by atoms with E-state index in [1.54, 1.807) is 0 Å². The first-order valence-corrected chi connectivity index (χ1v) is 6.30. The van der Waals surface area contributed by atoms with Crippen molar-refractivity contribution in [1.82, 2.24) is 0 Å². The van der Waals surface area contributed by atoms with Gasteiger partial charge in [0.1, 0.15) is 11.5 Å². The Bertz CT molecular complexity index is 575. The summed E-state index contributed by atoms with van der Waals surface area (Å²) in [5.41, 5.74) is 1.08. The van der Waals surface area contributed by atoms with E-state index in [1.165, 1.54) is 0 Å². The maximum absolute atomic E-state index is 10.8. The molecule has 3 nitrogen and oxygen atoms in total. The van der Waals surface area contributed by atoms with E-state index in [9.17, 15) is 4.79 Å². The van der Waals surface area contributed by atoms with Crippen molar-refractivity contribution in [1.29, 1.82) is 0 Å². The van der Waals surface area contributed by atoms with Crippen LogP contribution in [0.15, 0.2) is 54.6 Å². The molecule has 2 unspecified atom stereocenters. The molecule has 0 radical (unpaired) electrons. The molecule has 1 N–H and O–H groups in total. The minimum atomic E-state index is -0.699. The van der Waals surface area contributed by atoms with E-state index in [2.05, 4.69) is 0 Å². The maximum atomic E-state index is 10.8. The maximum Gasteiger partial charge on any atom is 0.307 e. The highest BCUT2D eigenvalue weighted by Gasteiger charge is 2.43. The molecule has 0 saturated heterocycles. The Kier molecular flexibility index (Phi) is 2.95. The van der Waals surface area contributed by atoms with Crippen molar-refractivity contribution in [2.24, 2.45) is 5.92 Å². The summed E-state index contributed by atoms with van der Waals surface area (Å²) in [5, 5.41) is 8.91. The van der Waals surface area contributed by atoms with Gasteiger partial charge in [-0.1, -0.05) is 30.3 Å². The van der Waals surface area contributed by atoms with Gasteiger partial charge < -0.3 is 9.84 Å². The van der Waals surface area contributed by atoms with Crippen LogP contribution in [0, 0.1) is 5.92 Å². The van der Waals surface area contributed by atoms with Crippen LogP contribution in [0.3, 0.4) is 0 Å². The van der Waals surface area contributed by atoms with Crippen molar-refractivity contribution in [3.63, 3.8) is 0 Å². The summed E-state index contributed by atoms with van der Waals surface area (Å²) in [6.07, 6.45) is 0.744. The first-order chi connectivity index (χ1) is 9.24. The zero-order valence-corrected chi connectivity index (χ0v) is 10.3. The molecular formula is C16H14O3. The second-order valence-corrected chi connectivity index (χ2v) is 4.77. The van der Waals surface area contributed by atoms with Crippen molar-refractivity contribution in [3.8, 4) is 11.5 Å². The van der Waals surface area contributed by atoms with Crippen LogP contribution in [0.1, 0.15) is 17.9 Å². The molecule has 2 aromatic carbocycles. The molecular weight excluding hydrogens is 240 g/mol. The average Bonchev–Trinajstić information content (AvgIpc) is 3.21. The minimum Gasteiger partial charge on any atom is -0.481 e. The number of aliphatic carboxylic acids is 1. The van der Waals surface area contributed by atoms with Gasteiger partial charge in [-0.15, -0.1) is 0 Å². The molecule has 0 heterocycles. The van der Waals surface area contributed by atoms with Crippen LogP contribution in [0.4, 0.5) is 0 Å². The Morgan fingerprint density at radius 2 is 1.63 bits per heavy atom. The van der Waals surface area contributed by atoms with Crippen molar-refractivity contribution in [2.75, 3.05) is 0 Å². The number of ether oxygens (including phenoxy) is 1. The Morgan fingerprint density at radius 1 is 1.00 bits per heavy atom. The average molecular weight is 254 g/mol. The molecule has 0 amide bonds. The van der Waals surface area contributed by atoms with E-state index in [1.807, 2.05) is 54.6 Å². The summed E-state index contributed by atoms with van der Waals surface area (Å²) in [5.74, 6) is 0.825. The third kappa shape index (κ3) is 2.60. The summed E-state index contributed by atoms with van der Waals surface area (Å²) < 4.78 is 5.69. The molecule has 2 aromatic rings. The molecule has 3 rings (SSSR count). The largest absolute Gasteiger partial charge is 0.481 e. The van der Waals surface area contributed by atoms with Crippen LogP contribution < -0.4 is 4.74 Å². The lowest BCUT2D eigenvalue weighted by molar-refractivity contribution is -0.138. The number of para-hydroxylation sites is 1. The monoisotopic (exact) mass is 254 g/mol. The molecule has 1 fully saturated rings. The van der Waals surface area contributed by atoms with Crippen LogP contribution in [-0.2, 0) is 4.79 Å².